The molecule has 0 aromatic carbocycles. The second-order valence-corrected chi connectivity index (χ2v) is 5.24. The van der Waals surface area contributed by atoms with Gasteiger partial charge in [0, 0.05) is 0 Å². The van der Waals surface area contributed by atoms with Gasteiger partial charge in [0.1, 0.15) is 0 Å². The summed E-state index contributed by atoms with van der Waals surface area (Å²) >= 11 is 18.3. The number of alkyl halides is 3. The molecule has 1 nitrogen and oxygen atoms in total. The first kappa shape index (κ1) is 12.5. The third-order valence-electron chi connectivity index (χ3n) is 1.21. The van der Waals surface area contributed by atoms with Crippen LogP contribution in [0.4, 0.5) is 0 Å². The monoisotopic (exact) mass is 251 g/mol. The first-order valence-electron chi connectivity index (χ1n) is 3.41. The summed E-state index contributed by atoms with van der Waals surface area (Å²) in [6, 6.07) is 0. The van der Waals surface area contributed by atoms with Crippen LogP contribution in [0.15, 0.2) is 0 Å². The van der Waals surface area contributed by atoms with Gasteiger partial charge in [0.15, 0.2) is 0 Å². The van der Waals surface area contributed by atoms with Crippen LogP contribution in [-0.2, 0) is 24.1 Å². The van der Waals surface area contributed by atoms with E-state index in [9.17, 15) is 0 Å². The maximum atomic E-state index is 5.55. The molecule has 0 aromatic rings. The zero-order valence-corrected chi connectivity index (χ0v) is 9.91. The Morgan fingerprint density at radius 3 is 2.18 bits per heavy atom. The van der Waals surface area contributed by atoms with Crippen molar-refractivity contribution in [1.29, 1.82) is 0 Å². The van der Waals surface area contributed by atoms with Crippen molar-refractivity contribution in [3.63, 3.8) is 0 Å². The van der Waals surface area contributed by atoms with Crippen molar-refractivity contribution >= 4 is 34.8 Å². The number of hydrogen-bond donors (Lipinski definition) is 0. The van der Waals surface area contributed by atoms with E-state index in [0.717, 1.165) is 25.9 Å². The van der Waals surface area contributed by atoms with Crippen LogP contribution in [0.1, 0.15) is 25.7 Å². The van der Waals surface area contributed by atoms with Crippen LogP contribution in [-0.4, -0.2) is 10.4 Å². The Bertz CT molecular complexity index is 94.3. The first-order chi connectivity index (χ1) is 5.06. The predicted octanol–water partition coefficient (Wildman–Crippen LogP) is 3.40. The Morgan fingerprint density at radius 1 is 1.09 bits per heavy atom. The molecule has 0 aliphatic carbocycles. The van der Waals surface area contributed by atoms with Crippen LogP contribution in [0.2, 0.25) is 0 Å². The van der Waals surface area contributed by atoms with Crippen LogP contribution >= 0.6 is 34.8 Å². The second-order valence-electron chi connectivity index (χ2n) is 2.27. The molecule has 0 amide bonds. The van der Waals surface area contributed by atoms with Gasteiger partial charge in [-0.15, -0.1) is 0 Å². The average Bonchev–Trinajstić information content (AvgIpc) is 1.85. The van der Waals surface area contributed by atoms with Crippen molar-refractivity contribution in [2.45, 2.75) is 29.5 Å². The maximum absolute atomic E-state index is 5.55. The van der Waals surface area contributed by atoms with E-state index >= 15 is 0 Å². The molecule has 0 spiro atoms. The van der Waals surface area contributed by atoms with Crippen molar-refractivity contribution in [3.8, 4) is 0 Å². The summed E-state index contributed by atoms with van der Waals surface area (Å²) in [5, 5.41) is 0. The molecule has 11 heavy (non-hydrogen) atoms. The first-order valence-corrected chi connectivity index (χ1v) is 5.18. The Labute approximate surface area is 94.6 Å². The summed E-state index contributed by atoms with van der Waals surface area (Å²) in [6.45, 7) is 0.792. The Morgan fingerprint density at radius 2 is 1.73 bits per heavy atom. The van der Waals surface area contributed by atoms with Crippen molar-refractivity contribution in [2.75, 3.05) is 6.61 Å². The number of hydrogen-bond acceptors (Lipinski definition) is 1. The minimum atomic E-state index is -1.08. The molecular weight excluding hydrogens is 242 g/mol. The Hall–Kier alpha value is 1.54. The molecule has 0 bridgehead atoms. The zero-order chi connectivity index (χ0) is 8.74. The van der Waals surface area contributed by atoms with E-state index < -0.39 is 3.79 Å². The molecule has 65 valence electrons. The molecule has 0 atom stereocenters. The van der Waals surface area contributed by atoms with Gasteiger partial charge in [-0.2, -0.15) is 0 Å². The number of unbranched alkanes of at least 4 members (excludes halogenated alkanes) is 2. The summed E-state index contributed by atoms with van der Waals surface area (Å²) in [7, 11) is 0. The van der Waals surface area contributed by atoms with E-state index in [1.165, 1.54) is 0 Å². The van der Waals surface area contributed by atoms with Crippen molar-refractivity contribution in [3.05, 3.63) is 0 Å². The molecule has 0 N–H and O–H groups in total. The Balaban J connectivity index is 3.02. The van der Waals surface area contributed by atoms with Gasteiger partial charge in [-0.25, -0.2) is 0 Å². The number of rotatable bonds is 5. The van der Waals surface area contributed by atoms with Crippen molar-refractivity contribution < 1.29 is 24.1 Å². The van der Waals surface area contributed by atoms with E-state index in [0.29, 0.717) is 6.42 Å². The molecule has 0 saturated heterocycles. The van der Waals surface area contributed by atoms with Gasteiger partial charge < -0.3 is 0 Å². The third-order valence-corrected chi connectivity index (χ3v) is 2.09. The molecule has 0 fully saturated rings. The van der Waals surface area contributed by atoms with Gasteiger partial charge in [-0.05, 0) is 0 Å². The van der Waals surface area contributed by atoms with E-state index in [2.05, 4.69) is 0 Å². The topological polar surface area (TPSA) is 9.23 Å². The summed E-state index contributed by atoms with van der Waals surface area (Å²) in [5.41, 5.74) is 0. The standard InChI is InChI=1S/C6H10Cl3O.Ti/c7-6(8,9)4-2-1-3-5-10;/h1-5H2;/q-1;+1. The SMILES string of the molecule is ClC(Cl)(Cl)CCCCC[O][Ti]. The fourth-order valence-electron chi connectivity index (χ4n) is 0.676. The zero-order valence-electron chi connectivity index (χ0n) is 6.08. The quantitative estimate of drug-likeness (QED) is 0.414. The molecule has 0 saturated carbocycles. The molecule has 0 radical (unpaired) electrons. The fourth-order valence-corrected chi connectivity index (χ4v) is 1.30. The molecule has 0 unspecified atom stereocenters. The van der Waals surface area contributed by atoms with Crippen LogP contribution < -0.4 is 0 Å². The van der Waals surface area contributed by atoms with E-state index in [-0.39, 0.29) is 0 Å². The van der Waals surface area contributed by atoms with Crippen molar-refractivity contribution in [2.24, 2.45) is 0 Å². The van der Waals surface area contributed by atoms with Gasteiger partial charge in [0.05, 0.1) is 0 Å². The van der Waals surface area contributed by atoms with Crippen molar-refractivity contribution in [1.82, 2.24) is 0 Å². The molecule has 0 heterocycles. The van der Waals surface area contributed by atoms with E-state index in [1.54, 1.807) is 20.8 Å². The average molecular weight is 252 g/mol. The molecule has 0 rings (SSSR count). The summed E-state index contributed by atoms with van der Waals surface area (Å²) in [4.78, 5) is 0. The van der Waals surface area contributed by atoms with Crippen LogP contribution in [0, 0.1) is 0 Å². The molecular formula is C6H10Cl3OTi. The van der Waals surface area contributed by atoms with Crippen LogP contribution in [0.3, 0.4) is 0 Å². The van der Waals surface area contributed by atoms with Crippen LogP contribution in [0.25, 0.3) is 0 Å². The summed E-state index contributed by atoms with van der Waals surface area (Å²) in [5.74, 6) is 0. The summed E-state index contributed by atoms with van der Waals surface area (Å²) < 4.78 is 3.80. The van der Waals surface area contributed by atoms with Gasteiger partial charge in [0.25, 0.3) is 0 Å². The Kier molecular flexibility index (Phi) is 7.98. The molecule has 0 aliphatic heterocycles. The second kappa shape index (κ2) is 7.00. The van der Waals surface area contributed by atoms with Gasteiger partial charge in [0.2, 0.25) is 0 Å². The summed E-state index contributed by atoms with van der Waals surface area (Å²) in [6.07, 6.45) is 3.67. The van der Waals surface area contributed by atoms with E-state index in [4.69, 9.17) is 38.1 Å². The van der Waals surface area contributed by atoms with Gasteiger partial charge >= 0.3 is 95.0 Å². The fraction of sp³-hybridized carbons (Fsp3) is 1.00. The third kappa shape index (κ3) is 11.5. The van der Waals surface area contributed by atoms with Gasteiger partial charge in [-0.3, -0.25) is 0 Å². The molecule has 5 heteroatoms. The van der Waals surface area contributed by atoms with E-state index in [1.807, 2.05) is 0 Å². The minimum absolute atomic E-state index is 0.626. The van der Waals surface area contributed by atoms with Crippen LogP contribution in [0.5, 0.6) is 0 Å². The number of halogens is 3. The normalized spacial score (nSPS) is 11.8. The van der Waals surface area contributed by atoms with Gasteiger partial charge in [-0.1, -0.05) is 0 Å². The predicted molar refractivity (Wildman–Crippen MR) is 44.7 cm³/mol. The molecule has 0 aliphatic rings. The molecule has 0 aromatic heterocycles.